The fourth-order valence-electron chi connectivity index (χ4n) is 1.74. The second-order valence-electron chi connectivity index (χ2n) is 6.13. The van der Waals surface area contributed by atoms with Crippen molar-refractivity contribution in [3.8, 4) is 17.1 Å². The van der Waals surface area contributed by atoms with Gasteiger partial charge in [-0.3, -0.25) is 4.79 Å². The fraction of sp³-hybridized carbons (Fsp3) is 0.438. The zero-order valence-corrected chi connectivity index (χ0v) is 13.5. The van der Waals surface area contributed by atoms with Crippen molar-refractivity contribution in [1.29, 1.82) is 0 Å². The van der Waals surface area contributed by atoms with Crippen LogP contribution in [0.15, 0.2) is 28.8 Å². The molecule has 1 N–H and O–H groups in total. The molecule has 0 saturated heterocycles. The van der Waals surface area contributed by atoms with E-state index in [0.29, 0.717) is 11.7 Å². The minimum absolute atomic E-state index is 0.0656. The molecule has 0 aliphatic carbocycles. The van der Waals surface area contributed by atoms with Crippen LogP contribution < -0.4 is 10.1 Å². The first kappa shape index (κ1) is 16.0. The van der Waals surface area contributed by atoms with Crippen molar-refractivity contribution in [1.82, 2.24) is 15.5 Å². The van der Waals surface area contributed by atoms with Crippen molar-refractivity contribution in [2.45, 2.75) is 33.7 Å². The van der Waals surface area contributed by atoms with E-state index in [0.717, 1.165) is 11.3 Å². The Hall–Kier alpha value is -2.37. The number of aromatic nitrogens is 2. The molecule has 1 heterocycles. The lowest BCUT2D eigenvalue weighted by atomic mass is 9.95. The molecule has 1 atom stereocenters. The molecule has 1 aromatic carbocycles. The van der Waals surface area contributed by atoms with E-state index in [1.807, 2.05) is 52.0 Å². The van der Waals surface area contributed by atoms with Crippen LogP contribution in [0.25, 0.3) is 11.4 Å². The third-order valence-corrected chi connectivity index (χ3v) is 3.19. The van der Waals surface area contributed by atoms with Gasteiger partial charge >= 0.3 is 0 Å². The van der Waals surface area contributed by atoms with Gasteiger partial charge in [0.15, 0.2) is 0 Å². The summed E-state index contributed by atoms with van der Waals surface area (Å²) in [5.74, 6) is 1.56. The molecule has 0 unspecified atom stereocenters. The summed E-state index contributed by atoms with van der Waals surface area (Å²) in [6.07, 6.45) is 0. The van der Waals surface area contributed by atoms with Gasteiger partial charge in [0, 0.05) is 11.0 Å². The Kier molecular flexibility index (Phi) is 4.49. The quantitative estimate of drug-likeness (QED) is 0.939. The number of hydrogen-bond donors (Lipinski definition) is 1. The third kappa shape index (κ3) is 3.63. The van der Waals surface area contributed by atoms with Crippen molar-refractivity contribution in [2.75, 3.05) is 7.11 Å². The molecule has 2 rings (SSSR count). The number of nitrogens with one attached hydrogen (secondary N) is 1. The molecule has 0 aliphatic heterocycles. The maximum absolute atomic E-state index is 12.0. The smallest absolute Gasteiger partial charge is 0.249 e. The van der Waals surface area contributed by atoms with Crippen LogP contribution in [0.5, 0.6) is 5.75 Å². The molecule has 22 heavy (non-hydrogen) atoms. The molecular formula is C16H21N3O3. The van der Waals surface area contributed by atoms with Gasteiger partial charge in [-0.05, 0) is 31.2 Å². The van der Waals surface area contributed by atoms with Gasteiger partial charge in [0.25, 0.3) is 0 Å². The average molecular weight is 303 g/mol. The highest BCUT2D eigenvalue weighted by molar-refractivity contribution is 5.81. The number of amides is 1. The van der Waals surface area contributed by atoms with Crippen molar-refractivity contribution < 1.29 is 14.1 Å². The topological polar surface area (TPSA) is 77.3 Å². The van der Waals surface area contributed by atoms with Crippen molar-refractivity contribution in [3.63, 3.8) is 0 Å². The predicted molar refractivity (Wildman–Crippen MR) is 82.3 cm³/mol. The Labute approximate surface area is 129 Å². The first-order chi connectivity index (χ1) is 10.3. The number of nitrogens with zero attached hydrogens (tertiary/aromatic N) is 2. The SMILES string of the molecule is COc1ccc(-c2noc([C@H](C)NC(=O)C(C)(C)C)n2)cc1. The normalized spacial score (nSPS) is 12.8. The molecule has 6 nitrogen and oxygen atoms in total. The summed E-state index contributed by atoms with van der Waals surface area (Å²) in [5, 5.41) is 6.82. The number of ether oxygens (including phenoxy) is 1. The van der Waals surface area contributed by atoms with Crippen LogP contribution in [0.3, 0.4) is 0 Å². The summed E-state index contributed by atoms with van der Waals surface area (Å²) in [4.78, 5) is 16.3. The van der Waals surface area contributed by atoms with Gasteiger partial charge in [0.1, 0.15) is 11.8 Å². The van der Waals surface area contributed by atoms with Crippen LogP contribution in [-0.2, 0) is 4.79 Å². The van der Waals surface area contributed by atoms with Gasteiger partial charge in [-0.25, -0.2) is 0 Å². The summed E-state index contributed by atoms with van der Waals surface area (Å²) in [6, 6.07) is 7.02. The van der Waals surface area contributed by atoms with Crippen molar-refractivity contribution in [2.24, 2.45) is 5.41 Å². The Morgan fingerprint density at radius 2 is 1.91 bits per heavy atom. The standard InChI is InChI=1S/C16H21N3O3/c1-10(17-15(20)16(2,3)4)14-18-13(19-22-14)11-6-8-12(21-5)9-7-11/h6-10H,1-5H3,(H,17,20)/t10-/m0/s1. The number of hydrogen-bond acceptors (Lipinski definition) is 5. The third-order valence-electron chi connectivity index (χ3n) is 3.19. The highest BCUT2D eigenvalue weighted by Gasteiger charge is 2.25. The van der Waals surface area contributed by atoms with E-state index in [1.54, 1.807) is 7.11 Å². The number of carbonyl (C=O) groups excluding carboxylic acids is 1. The minimum atomic E-state index is -0.465. The monoisotopic (exact) mass is 303 g/mol. The molecule has 0 spiro atoms. The average Bonchev–Trinajstić information content (AvgIpc) is 2.96. The van der Waals surface area contributed by atoms with Crippen LogP contribution in [0.4, 0.5) is 0 Å². The number of rotatable bonds is 4. The van der Waals surface area contributed by atoms with E-state index in [-0.39, 0.29) is 11.9 Å². The summed E-state index contributed by atoms with van der Waals surface area (Å²) >= 11 is 0. The van der Waals surface area contributed by atoms with E-state index in [4.69, 9.17) is 9.26 Å². The van der Waals surface area contributed by atoms with Gasteiger partial charge in [-0.2, -0.15) is 4.98 Å². The zero-order valence-electron chi connectivity index (χ0n) is 13.5. The Morgan fingerprint density at radius 1 is 1.27 bits per heavy atom. The first-order valence-corrected chi connectivity index (χ1v) is 7.10. The highest BCUT2D eigenvalue weighted by atomic mass is 16.5. The van der Waals surface area contributed by atoms with Crippen LogP contribution in [0.2, 0.25) is 0 Å². The maximum atomic E-state index is 12.0. The van der Waals surface area contributed by atoms with Crippen LogP contribution in [-0.4, -0.2) is 23.2 Å². The second-order valence-corrected chi connectivity index (χ2v) is 6.13. The summed E-state index contributed by atoms with van der Waals surface area (Å²) < 4.78 is 10.4. The Balaban J connectivity index is 2.11. The highest BCUT2D eigenvalue weighted by Crippen LogP contribution is 2.22. The molecule has 118 valence electrons. The van der Waals surface area contributed by atoms with Gasteiger partial charge < -0.3 is 14.6 Å². The lowest BCUT2D eigenvalue weighted by Gasteiger charge is -2.19. The maximum Gasteiger partial charge on any atom is 0.249 e. The van der Waals surface area contributed by atoms with E-state index in [9.17, 15) is 4.79 Å². The predicted octanol–water partition coefficient (Wildman–Crippen LogP) is 2.97. The van der Waals surface area contributed by atoms with Gasteiger partial charge in [0.05, 0.1) is 7.11 Å². The lowest BCUT2D eigenvalue weighted by Crippen LogP contribution is -2.36. The van der Waals surface area contributed by atoms with Gasteiger partial charge in [-0.15, -0.1) is 0 Å². The summed E-state index contributed by atoms with van der Waals surface area (Å²) in [6.45, 7) is 7.37. The molecule has 0 aliphatic rings. The van der Waals surface area contributed by atoms with Crippen molar-refractivity contribution >= 4 is 5.91 Å². The van der Waals surface area contributed by atoms with Crippen LogP contribution >= 0.6 is 0 Å². The van der Waals surface area contributed by atoms with E-state index >= 15 is 0 Å². The largest absolute Gasteiger partial charge is 0.497 e. The van der Waals surface area contributed by atoms with Crippen LogP contribution in [0.1, 0.15) is 39.6 Å². The van der Waals surface area contributed by atoms with E-state index in [1.165, 1.54) is 0 Å². The molecule has 1 aromatic heterocycles. The fourth-order valence-corrected chi connectivity index (χ4v) is 1.74. The Morgan fingerprint density at radius 3 is 2.45 bits per heavy atom. The zero-order chi connectivity index (χ0) is 16.3. The molecule has 0 bridgehead atoms. The van der Waals surface area contributed by atoms with E-state index < -0.39 is 5.41 Å². The summed E-state index contributed by atoms with van der Waals surface area (Å²) in [7, 11) is 1.61. The molecule has 0 saturated carbocycles. The number of methoxy groups -OCH3 is 1. The molecule has 0 fully saturated rings. The van der Waals surface area contributed by atoms with E-state index in [2.05, 4.69) is 15.5 Å². The van der Waals surface area contributed by atoms with Crippen LogP contribution in [0, 0.1) is 5.41 Å². The number of benzene rings is 1. The summed E-state index contributed by atoms with van der Waals surface area (Å²) in [5.41, 5.74) is 0.359. The first-order valence-electron chi connectivity index (χ1n) is 7.10. The molecule has 0 radical (unpaired) electrons. The van der Waals surface area contributed by atoms with Gasteiger partial charge in [0.2, 0.25) is 17.6 Å². The molecular weight excluding hydrogens is 282 g/mol. The molecule has 6 heteroatoms. The molecule has 1 amide bonds. The number of carbonyl (C=O) groups is 1. The lowest BCUT2D eigenvalue weighted by molar-refractivity contribution is -0.129. The minimum Gasteiger partial charge on any atom is -0.497 e. The Bertz CT molecular complexity index is 641. The molecule has 2 aromatic rings. The van der Waals surface area contributed by atoms with Gasteiger partial charge in [-0.1, -0.05) is 25.9 Å². The van der Waals surface area contributed by atoms with Crippen molar-refractivity contribution in [3.05, 3.63) is 30.2 Å². The second kappa shape index (κ2) is 6.17.